The summed E-state index contributed by atoms with van der Waals surface area (Å²) in [6.07, 6.45) is 0. The van der Waals surface area contributed by atoms with E-state index in [2.05, 4.69) is 4.74 Å². The van der Waals surface area contributed by atoms with E-state index < -0.39 is 0 Å². The van der Waals surface area contributed by atoms with Gasteiger partial charge in [0.1, 0.15) is 6.61 Å². The molecule has 0 saturated heterocycles. The Balaban J connectivity index is 2.62. The summed E-state index contributed by atoms with van der Waals surface area (Å²) < 4.78 is 4.38. The average molecular weight is 135 g/mol. The van der Waals surface area contributed by atoms with Crippen molar-refractivity contribution in [2.45, 2.75) is 0 Å². The molecule has 0 bridgehead atoms. The molecule has 0 rings (SSSR count). The lowest BCUT2D eigenvalue weighted by Crippen LogP contribution is -1.99. The maximum absolute atomic E-state index is 9.51. The fourth-order valence-corrected chi connectivity index (χ4v) is 0.619. The minimum Gasteiger partial charge on any atom is -0.467 e. The highest BCUT2D eigenvalue weighted by atomic mass is 32.2. The van der Waals surface area contributed by atoms with E-state index in [1.165, 1.54) is 0 Å². The van der Waals surface area contributed by atoms with Crippen LogP contribution in [-0.4, -0.2) is 24.7 Å². The number of nitrogens with two attached hydrogens (primary N) is 1. The highest BCUT2D eigenvalue weighted by Gasteiger charge is 1.82. The lowest BCUT2D eigenvalue weighted by molar-refractivity contribution is -0.128. The zero-order valence-electron chi connectivity index (χ0n) is 4.50. The molecule has 4 heteroatoms. The summed E-state index contributed by atoms with van der Waals surface area (Å²) in [7, 11) is 0. The van der Waals surface area contributed by atoms with Gasteiger partial charge >= 0.3 is 0 Å². The predicted molar refractivity (Wildman–Crippen MR) is 33.5 cm³/mol. The molecule has 0 atom stereocenters. The second kappa shape index (κ2) is 6.78. The number of rotatable bonds is 5. The molecule has 0 spiro atoms. The molecule has 0 aliphatic carbocycles. The first-order valence-electron chi connectivity index (χ1n) is 2.25. The van der Waals surface area contributed by atoms with Crippen molar-refractivity contribution in [3.8, 4) is 0 Å². The molecule has 0 saturated carbocycles. The Labute approximate surface area is 52.6 Å². The molecule has 0 fully saturated rings. The zero-order valence-corrected chi connectivity index (χ0v) is 5.32. The van der Waals surface area contributed by atoms with Crippen LogP contribution in [0.5, 0.6) is 0 Å². The van der Waals surface area contributed by atoms with Gasteiger partial charge in [-0.25, -0.2) is 0 Å². The van der Waals surface area contributed by atoms with Gasteiger partial charge in [0.15, 0.2) is 0 Å². The molecule has 48 valence electrons. The highest BCUT2D eigenvalue weighted by molar-refractivity contribution is 7.99. The highest BCUT2D eigenvalue weighted by Crippen LogP contribution is 1.92. The minimum absolute atomic E-state index is 0.442. The van der Waals surface area contributed by atoms with Crippen LogP contribution in [0.25, 0.3) is 0 Å². The predicted octanol–water partition coefficient (Wildman–Crippen LogP) is -0.191. The quantitative estimate of drug-likeness (QED) is 0.322. The smallest absolute Gasteiger partial charge is 0.293 e. The van der Waals surface area contributed by atoms with Crippen LogP contribution in [0.1, 0.15) is 0 Å². The second-order valence-corrected chi connectivity index (χ2v) is 2.19. The molecule has 0 unspecified atom stereocenters. The molecule has 0 amide bonds. The Bertz CT molecular complexity index is 60.0. The van der Waals surface area contributed by atoms with E-state index >= 15 is 0 Å². The van der Waals surface area contributed by atoms with Gasteiger partial charge in [-0.05, 0) is 0 Å². The molecule has 3 nitrogen and oxygen atoms in total. The number of carbonyl (C=O) groups excluding carboxylic acids is 1. The lowest BCUT2D eigenvalue weighted by Gasteiger charge is -1.93. The summed E-state index contributed by atoms with van der Waals surface area (Å²) >= 11 is 1.54. The number of carbonyl (C=O) groups is 1. The first kappa shape index (κ1) is 7.78. The summed E-state index contributed by atoms with van der Waals surface area (Å²) in [6, 6.07) is 0. The molecule has 2 N–H and O–H groups in total. The summed E-state index contributed by atoms with van der Waals surface area (Å²) in [5, 5.41) is 0. The van der Waals surface area contributed by atoms with E-state index in [4.69, 9.17) is 5.73 Å². The van der Waals surface area contributed by atoms with Crippen LogP contribution < -0.4 is 5.73 Å². The standard InChI is InChI=1S/C4H9NO2S/c5-3-8-2-1-7-4-6/h4H,1-3,5H2. The molecular weight excluding hydrogens is 126 g/mol. The molecular formula is C4H9NO2S. The van der Waals surface area contributed by atoms with Crippen LogP contribution in [0.15, 0.2) is 0 Å². The van der Waals surface area contributed by atoms with Gasteiger partial charge in [0.05, 0.1) is 0 Å². The monoisotopic (exact) mass is 135 g/mol. The molecule has 0 aromatic heterocycles. The Morgan fingerprint density at radius 2 is 2.50 bits per heavy atom. The fraction of sp³-hybridized carbons (Fsp3) is 0.750. The van der Waals surface area contributed by atoms with Crippen molar-refractivity contribution in [3.05, 3.63) is 0 Å². The van der Waals surface area contributed by atoms with Crippen LogP contribution in [-0.2, 0) is 9.53 Å². The third-order valence-electron chi connectivity index (χ3n) is 0.531. The van der Waals surface area contributed by atoms with Crippen molar-refractivity contribution in [2.75, 3.05) is 18.2 Å². The Morgan fingerprint density at radius 1 is 1.75 bits per heavy atom. The molecule has 8 heavy (non-hydrogen) atoms. The lowest BCUT2D eigenvalue weighted by atomic mass is 10.9. The van der Waals surface area contributed by atoms with E-state index in [1.807, 2.05) is 0 Å². The summed E-state index contributed by atoms with van der Waals surface area (Å²) in [4.78, 5) is 9.51. The maximum Gasteiger partial charge on any atom is 0.293 e. The molecule has 0 aromatic carbocycles. The van der Waals surface area contributed by atoms with Crippen molar-refractivity contribution in [1.82, 2.24) is 0 Å². The first-order valence-corrected chi connectivity index (χ1v) is 3.40. The number of hydrogen-bond donors (Lipinski definition) is 1. The average Bonchev–Trinajstić information content (AvgIpc) is 1.81. The molecule has 0 heterocycles. The molecule has 0 aliphatic heterocycles. The zero-order chi connectivity index (χ0) is 6.24. The Hall–Kier alpha value is -0.220. The number of thioether (sulfide) groups is 1. The van der Waals surface area contributed by atoms with Crippen LogP contribution in [0, 0.1) is 0 Å². The van der Waals surface area contributed by atoms with E-state index in [0.717, 1.165) is 5.75 Å². The van der Waals surface area contributed by atoms with Gasteiger partial charge in [-0.15, -0.1) is 11.8 Å². The van der Waals surface area contributed by atoms with Gasteiger partial charge in [-0.3, -0.25) is 4.79 Å². The third-order valence-corrected chi connectivity index (χ3v) is 1.22. The summed E-state index contributed by atoms with van der Waals surface area (Å²) in [6.45, 7) is 0.905. The van der Waals surface area contributed by atoms with Gasteiger partial charge < -0.3 is 10.5 Å². The third kappa shape index (κ3) is 5.78. The van der Waals surface area contributed by atoms with Gasteiger partial charge in [-0.2, -0.15) is 0 Å². The summed E-state index contributed by atoms with van der Waals surface area (Å²) in [5.41, 5.74) is 5.13. The number of ether oxygens (including phenoxy) is 1. The second-order valence-electron chi connectivity index (χ2n) is 1.04. The van der Waals surface area contributed by atoms with Crippen LogP contribution in [0.4, 0.5) is 0 Å². The van der Waals surface area contributed by atoms with E-state index in [1.54, 1.807) is 11.8 Å². The van der Waals surface area contributed by atoms with Gasteiger partial charge in [0.25, 0.3) is 6.47 Å². The van der Waals surface area contributed by atoms with E-state index in [0.29, 0.717) is 19.0 Å². The first-order chi connectivity index (χ1) is 3.91. The Kier molecular flexibility index (Phi) is 6.59. The van der Waals surface area contributed by atoms with Crippen molar-refractivity contribution in [3.63, 3.8) is 0 Å². The van der Waals surface area contributed by atoms with Crippen LogP contribution in [0.3, 0.4) is 0 Å². The topological polar surface area (TPSA) is 52.3 Å². The van der Waals surface area contributed by atoms with Crippen molar-refractivity contribution in [1.29, 1.82) is 0 Å². The van der Waals surface area contributed by atoms with Gasteiger partial charge in [0, 0.05) is 11.6 Å². The van der Waals surface area contributed by atoms with Gasteiger partial charge in [-0.1, -0.05) is 0 Å². The Morgan fingerprint density at radius 3 is 3.00 bits per heavy atom. The molecule has 0 aliphatic rings. The SMILES string of the molecule is NCSCCOC=O. The largest absolute Gasteiger partial charge is 0.467 e. The summed E-state index contributed by atoms with van der Waals surface area (Å²) in [5.74, 6) is 1.37. The van der Waals surface area contributed by atoms with Crippen molar-refractivity contribution in [2.24, 2.45) is 5.73 Å². The van der Waals surface area contributed by atoms with Crippen molar-refractivity contribution >= 4 is 18.2 Å². The number of hydrogen-bond acceptors (Lipinski definition) is 4. The minimum atomic E-state index is 0.442. The normalized spacial score (nSPS) is 8.62. The van der Waals surface area contributed by atoms with E-state index in [-0.39, 0.29) is 0 Å². The van der Waals surface area contributed by atoms with Gasteiger partial charge in [0.2, 0.25) is 0 Å². The fourth-order valence-electron chi connectivity index (χ4n) is 0.238. The van der Waals surface area contributed by atoms with Crippen LogP contribution in [0.2, 0.25) is 0 Å². The maximum atomic E-state index is 9.51. The molecule has 0 radical (unpaired) electrons. The van der Waals surface area contributed by atoms with Crippen molar-refractivity contribution < 1.29 is 9.53 Å². The van der Waals surface area contributed by atoms with E-state index in [9.17, 15) is 4.79 Å². The van der Waals surface area contributed by atoms with Crippen LogP contribution >= 0.6 is 11.8 Å². The molecule has 0 aromatic rings.